The summed E-state index contributed by atoms with van der Waals surface area (Å²) in [7, 11) is 3.06. The number of rotatable bonds is 6. The summed E-state index contributed by atoms with van der Waals surface area (Å²) in [5, 5.41) is 7.69. The third kappa shape index (κ3) is 2.94. The van der Waals surface area contributed by atoms with Gasteiger partial charge in [0.05, 0.1) is 27.0 Å². The van der Waals surface area contributed by atoms with Gasteiger partial charge in [0.15, 0.2) is 5.69 Å². The van der Waals surface area contributed by atoms with E-state index in [9.17, 15) is 4.79 Å². The molecule has 0 bridgehead atoms. The van der Waals surface area contributed by atoms with Crippen LogP contribution in [-0.2, 0) is 6.54 Å². The van der Waals surface area contributed by atoms with Crippen LogP contribution in [0.1, 0.15) is 16.1 Å². The van der Waals surface area contributed by atoms with Crippen molar-refractivity contribution in [3.8, 4) is 11.5 Å². The van der Waals surface area contributed by atoms with Crippen LogP contribution in [0.4, 0.5) is 0 Å². The first kappa shape index (κ1) is 14.0. The van der Waals surface area contributed by atoms with Gasteiger partial charge in [-0.1, -0.05) is 5.21 Å². The van der Waals surface area contributed by atoms with Gasteiger partial charge in [0.1, 0.15) is 11.5 Å². The summed E-state index contributed by atoms with van der Waals surface area (Å²) < 4.78 is 11.8. The number of ether oxygens (including phenoxy) is 2. The van der Waals surface area contributed by atoms with Gasteiger partial charge in [-0.15, -0.1) is 5.10 Å². The van der Waals surface area contributed by atoms with Crippen molar-refractivity contribution in [1.29, 1.82) is 0 Å². The molecule has 0 amide bonds. The van der Waals surface area contributed by atoms with Gasteiger partial charge in [-0.3, -0.25) is 9.48 Å². The molecule has 0 saturated carbocycles. The molecule has 20 heavy (non-hydrogen) atoms. The smallest absolute Gasteiger partial charge is 0.215 e. The number of benzene rings is 1. The van der Waals surface area contributed by atoms with E-state index in [0.717, 1.165) is 0 Å². The number of nitrogens with two attached hydrogens (primary N) is 1. The molecule has 0 radical (unpaired) electrons. The van der Waals surface area contributed by atoms with Crippen molar-refractivity contribution in [2.24, 2.45) is 5.73 Å². The van der Waals surface area contributed by atoms with Crippen LogP contribution in [0.25, 0.3) is 0 Å². The summed E-state index contributed by atoms with van der Waals surface area (Å²) in [6.45, 7) is 0.950. The molecule has 2 rings (SSSR count). The fraction of sp³-hybridized carbons (Fsp3) is 0.308. The topological polar surface area (TPSA) is 92.3 Å². The molecular weight excluding hydrogens is 260 g/mol. The molecular formula is C13H16N4O3. The number of nitrogens with zero attached hydrogens (tertiary/aromatic N) is 3. The lowest BCUT2D eigenvalue weighted by atomic mass is 10.1. The second-order valence-electron chi connectivity index (χ2n) is 4.09. The Balaban J connectivity index is 2.31. The standard InChI is InChI=1S/C13H16N4O3/c1-19-10-5-9(6-11(7-10)20-2)13(18)12-8-17(4-3-14)16-15-12/h5-8H,3-4,14H2,1-2H3. The van der Waals surface area contributed by atoms with Gasteiger partial charge in [0.2, 0.25) is 5.78 Å². The summed E-state index contributed by atoms with van der Waals surface area (Å²) >= 11 is 0. The van der Waals surface area contributed by atoms with Crippen molar-refractivity contribution in [1.82, 2.24) is 15.0 Å². The zero-order valence-electron chi connectivity index (χ0n) is 11.4. The minimum atomic E-state index is -0.245. The fourth-order valence-corrected chi connectivity index (χ4v) is 1.73. The highest BCUT2D eigenvalue weighted by molar-refractivity contribution is 6.07. The van der Waals surface area contributed by atoms with Gasteiger partial charge in [-0.05, 0) is 12.1 Å². The number of hydrogen-bond acceptors (Lipinski definition) is 6. The lowest BCUT2D eigenvalue weighted by Gasteiger charge is -2.06. The highest BCUT2D eigenvalue weighted by Crippen LogP contribution is 2.23. The predicted molar refractivity (Wildman–Crippen MR) is 72.1 cm³/mol. The zero-order chi connectivity index (χ0) is 14.5. The Labute approximate surface area is 116 Å². The Morgan fingerprint density at radius 2 is 1.90 bits per heavy atom. The van der Waals surface area contributed by atoms with E-state index in [1.54, 1.807) is 24.4 Å². The highest BCUT2D eigenvalue weighted by Gasteiger charge is 2.15. The molecule has 2 N–H and O–H groups in total. The normalized spacial score (nSPS) is 10.3. The predicted octanol–water partition coefficient (Wildman–Crippen LogP) is 0.485. The van der Waals surface area contributed by atoms with Crippen molar-refractivity contribution < 1.29 is 14.3 Å². The summed E-state index contributed by atoms with van der Waals surface area (Å²) in [4.78, 5) is 12.3. The summed E-state index contributed by atoms with van der Waals surface area (Å²) in [6.07, 6.45) is 1.57. The lowest BCUT2D eigenvalue weighted by Crippen LogP contribution is -2.10. The van der Waals surface area contributed by atoms with E-state index in [4.69, 9.17) is 15.2 Å². The van der Waals surface area contributed by atoms with Gasteiger partial charge in [-0.2, -0.15) is 0 Å². The molecule has 0 aliphatic rings. The van der Waals surface area contributed by atoms with Crippen molar-refractivity contribution in [2.45, 2.75) is 6.54 Å². The van der Waals surface area contributed by atoms with E-state index >= 15 is 0 Å². The van der Waals surface area contributed by atoms with Crippen LogP contribution in [-0.4, -0.2) is 41.5 Å². The quantitative estimate of drug-likeness (QED) is 0.772. The minimum Gasteiger partial charge on any atom is -0.497 e. The van der Waals surface area contributed by atoms with Crippen molar-refractivity contribution in [3.63, 3.8) is 0 Å². The Kier molecular flexibility index (Phi) is 4.31. The van der Waals surface area contributed by atoms with E-state index < -0.39 is 0 Å². The number of carbonyl (C=O) groups is 1. The molecule has 0 atom stereocenters. The number of hydrogen-bond donors (Lipinski definition) is 1. The number of ketones is 1. The Morgan fingerprint density at radius 3 is 2.45 bits per heavy atom. The monoisotopic (exact) mass is 276 g/mol. The van der Waals surface area contributed by atoms with Gasteiger partial charge in [0.25, 0.3) is 0 Å². The minimum absolute atomic E-state index is 0.245. The summed E-state index contributed by atoms with van der Waals surface area (Å²) in [5.74, 6) is 0.842. The average Bonchev–Trinajstić information content (AvgIpc) is 2.94. The first-order valence-electron chi connectivity index (χ1n) is 6.06. The number of aromatic nitrogens is 3. The van der Waals surface area contributed by atoms with Crippen molar-refractivity contribution in [3.05, 3.63) is 35.7 Å². The molecule has 0 spiro atoms. The Morgan fingerprint density at radius 1 is 1.25 bits per heavy atom. The summed E-state index contributed by atoms with van der Waals surface area (Å²) in [5.41, 5.74) is 6.12. The van der Waals surface area contributed by atoms with E-state index in [2.05, 4.69) is 10.3 Å². The SMILES string of the molecule is COc1cc(OC)cc(C(=O)c2cn(CCN)nn2)c1. The zero-order valence-corrected chi connectivity index (χ0v) is 11.4. The van der Waals surface area contributed by atoms with E-state index in [0.29, 0.717) is 30.2 Å². The maximum atomic E-state index is 12.3. The second-order valence-corrected chi connectivity index (χ2v) is 4.09. The molecule has 106 valence electrons. The first-order chi connectivity index (χ1) is 9.67. The first-order valence-corrected chi connectivity index (χ1v) is 6.06. The molecule has 1 heterocycles. The van der Waals surface area contributed by atoms with Gasteiger partial charge < -0.3 is 15.2 Å². The van der Waals surface area contributed by atoms with Gasteiger partial charge in [0, 0.05) is 18.2 Å². The molecule has 0 aliphatic heterocycles. The maximum absolute atomic E-state index is 12.3. The molecule has 2 aromatic rings. The second kappa shape index (κ2) is 6.16. The van der Waals surface area contributed by atoms with Crippen LogP contribution >= 0.6 is 0 Å². The van der Waals surface area contributed by atoms with Crippen LogP contribution in [0.3, 0.4) is 0 Å². The molecule has 0 saturated heterocycles. The van der Waals surface area contributed by atoms with Crippen LogP contribution < -0.4 is 15.2 Å². The van der Waals surface area contributed by atoms with Crippen LogP contribution in [0.5, 0.6) is 11.5 Å². The fourth-order valence-electron chi connectivity index (χ4n) is 1.73. The number of methoxy groups -OCH3 is 2. The van der Waals surface area contributed by atoms with Crippen LogP contribution in [0.15, 0.2) is 24.4 Å². The van der Waals surface area contributed by atoms with Crippen molar-refractivity contribution in [2.75, 3.05) is 20.8 Å². The summed E-state index contributed by atoms with van der Waals surface area (Å²) in [6, 6.07) is 4.96. The molecule has 7 nitrogen and oxygen atoms in total. The molecule has 0 fully saturated rings. The Hall–Kier alpha value is -2.41. The van der Waals surface area contributed by atoms with Crippen LogP contribution in [0, 0.1) is 0 Å². The van der Waals surface area contributed by atoms with Gasteiger partial charge in [-0.25, -0.2) is 0 Å². The largest absolute Gasteiger partial charge is 0.497 e. The maximum Gasteiger partial charge on any atom is 0.215 e. The lowest BCUT2D eigenvalue weighted by molar-refractivity contribution is 0.103. The van der Waals surface area contributed by atoms with Gasteiger partial charge >= 0.3 is 0 Å². The molecule has 0 aliphatic carbocycles. The molecule has 1 aromatic carbocycles. The molecule has 0 unspecified atom stereocenters. The highest BCUT2D eigenvalue weighted by atomic mass is 16.5. The average molecular weight is 276 g/mol. The third-order valence-electron chi connectivity index (χ3n) is 2.74. The Bertz CT molecular complexity index is 587. The van der Waals surface area contributed by atoms with E-state index in [1.807, 2.05) is 0 Å². The molecule has 1 aromatic heterocycles. The number of carbonyl (C=O) groups excluding carboxylic acids is 1. The third-order valence-corrected chi connectivity index (χ3v) is 2.74. The van der Waals surface area contributed by atoms with E-state index in [1.165, 1.54) is 18.9 Å². The van der Waals surface area contributed by atoms with E-state index in [-0.39, 0.29) is 11.5 Å². The van der Waals surface area contributed by atoms with Crippen LogP contribution in [0.2, 0.25) is 0 Å². The molecule has 7 heteroatoms. The van der Waals surface area contributed by atoms with Crippen molar-refractivity contribution >= 4 is 5.78 Å².